The molecule has 2 heterocycles. The number of carbonyl (C=O) groups excluding carboxylic acids is 1. The molecule has 2 aliphatic carbocycles. The second kappa shape index (κ2) is 7.06. The lowest BCUT2D eigenvalue weighted by molar-refractivity contribution is -0.147. The van der Waals surface area contributed by atoms with Crippen molar-refractivity contribution in [1.82, 2.24) is 10.2 Å². The number of carbonyl (C=O) groups is 1. The number of likely N-dealkylation sites (N-methyl/N-ethyl adjacent to an activating group) is 1. The van der Waals surface area contributed by atoms with Gasteiger partial charge in [-0.05, 0) is 56.5 Å². The minimum absolute atomic E-state index is 0.0268. The number of nitrogens with zero attached hydrogens (tertiary/aromatic N) is 1. The summed E-state index contributed by atoms with van der Waals surface area (Å²) >= 11 is 0. The van der Waals surface area contributed by atoms with Crippen molar-refractivity contribution in [2.45, 2.75) is 64.6 Å². The number of rotatable bonds is 7. The molecule has 4 fully saturated rings. The first kappa shape index (κ1) is 18.7. The van der Waals surface area contributed by atoms with Gasteiger partial charge in [0.1, 0.15) is 6.10 Å². The van der Waals surface area contributed by atoms with Gasteiger partial charge in [0.25, 0.3) is 0 Å². The molecule has 26 heavy (non-hydrogen) atoms. The summed E-state index contributed by atoms with van der Waals surface area (Å²) in [7, 11) is 0. The van der Waals surface area contributed by atoms with Crippen LogP contribution in [0.15, 0.2) is 0 Å². The van der Waals surface area contributed by atoms with E-state index >= 15 is 0 Å². The Hall–Kier alpha value is -0.650. The van der Waals surface area contributed by atoms with E-state index in [9.17, 15) is 4.79 Å². The van der Waals surface area contributed by atoms with Crippen LogP contribution in [-0.2, 0) is 14.3 Å². The molecule has 2 aliphatic heterocycles. The average Bonchev–Trinajstić information content (AvgIpc) is 3.31. The van der Waals surface area contributed by atoms with E-state index in [-0.39, 0.29) is 23.6 Å². The van der Waals surface area contributed by atoms with Gasteiger partial charge < -0.3 is 19.7 Å². The van der Waals surface area contributed by atoms with Crippen molar-refractivity contribution in [3.63, 3.8) is 0 Å². The fourth-order valence-electron chi connectivity index (χ4n) is 6.22. The van der Waals surface area contributed by atoms with Crippen LogP contribution in [0.2, 0.25) is 0 Å². The number of hydrogen-bond donors (Lipinski definition) is 1. The molecule has 4 rings (SSSR count). The summed E-state index contributed by atoms with van der Waals surface area (Å²) in [4.78, 5) is 15.0. The normalized spacial score (nSPS) is 44.1. The maximum atomic E-state index is 12.6. The van der Waals surface area contributed by atoms with Gasteiger partial charge >= 0.3 is 5.97 Å². The molecule has 0 aromatic carbocycles. The van der Waals surface area contributed by atoms with Crippen molar-refractivity contribution in [3.8, 4) is 0 Å². The highest BCUT2D eigenvalue weighted by atomic mass is 16.6. The Kier molecular flexibility index (Phi) is 5.08. The molecular formula is C21H36N2O3. The molecule has 0 aromatic rings. The number of fused-ring (bicyclic) bond motifs is 3. The van der Waals surface area contributed by atoms with Gasteiger partial charge in [-0.25, -0.2) is 0 Å². The maximum Gasteiger partial charge on any atom is 0.310 e. The number of nitrogens with one attached hydrogen (secondary N) is 1. The molecule has 6 atom stereocenters. The highest BCUT2D eigenvalue weighted by Crippen LogP contribution is 2.62. The highest BCUT2D eigenvalue weighted by Gasteiger charge is 2.64. The monoisotopic (exact) mass is 364 g/mol. The molecule has 0 aromatic heterocycles. The van der Waals surface area contributed by atoms with Crippen LogP contribution in [0.3, 0.4) is 0 Å². The third-order valence-corrected chi connectivity index (χ3v) is 7.94. The molecule has 2 saturated heterocycles. The fraction of sp³-hybridized carbons (Fsp3) is 0.952. The summed E-state index contributed by atoms with van der Waals surface area (Å²) in [6.45, 7) is 12.7. The van der Waals surface area contributed by atoms with Gasteiger partial charge in [-0.3, -0.25) is 4.79 Å². The molecule has 148 valence electrons. The largest absolute Gasteiger partial charge is 0.462 e. The Labute approximate surface area is 158 Å². The average molecular weight is 365 g/mol. The van der Waals surface area contributed by atoms with Crippen LogP contribution in [0.5, 0.6) is 0 Å². The third kappa shape index (κ3) is 3.20. The van der Waals surface area contributed by atoms with E-state index in [2.05, 4.69) is 31.0 Å². The summed E-state index contributed by atoms with van der Waals surface area (Å²) < 4.78 is 11.9. The standard InChI is InChI=1S/C21H36N2O3/c1-4-23(5-2)10-9-22-13-16-15-11-18-20(3,12-17(15)26-19(16)24)7-6-8-21(18)14-25-21/h15-18,22H,4-14H2,1-3H3. The van der Waals surface area contributed by atoms with Crippen molar-refractivity contribution in [3.05, 3.63) is 0 Å². The van der Waals surface area contributed by atoms with Crippen LogP contribution in [0.25, 0.3) is 0 Å². The van der Waals surface area contributed by atoms with Crippen molar-refractivity contribution >= 4 is 5.97 Å². The zero-order chi connectivity index (χ0) is 18.4. The topological polar surface area (TPSA) is 54.1 Å². The lowest BCUT2D eigenvalue weighted by Gasteiger charge is -2.51. The minimum Gasteiger partial charge on any atom is -0.462 e. The third-order valence-electron chi connectivity index (χ3n) is 7.94. The Balaban J connectivity index is 1.37. The first-order valence-electron chi connectivity index (χ1n) is 10.8. The van der Waals surface area contributed by atoms with Gasteiger partial charge in [0.2, 0.25) is 0 Å². The molecule has 5 heteroatoms. The van der Waals surface area contributed by atoms with E-state index in [0.29, 0.717) is 17.3 Å². The van der Waals surface area contributed by atoms with Crippen molar-refractivity contribution in [2.24, 2.45) is 23.2 Å². The molecule has 6 unspecified atom stereocenters. The van der Waals surface area contributed by atoms with Crippen LogP contribution < -0.4 is 5.32 Å². The number of hydrogen-bond acceptors (Lipinski definition) is 5. The summed E-state index contributed by atoms with van der Waals surface area (Å²) in [5.74, 6) is 1.04. The smallest absolute Gasteiger partial charge is 0.310 e. The molecule has 4 aliphatic rings. The van der Waals surface area contributed by atoms with Gasteiger partial charge in [0, 0.05) is 25.6 Å². The predicted octanol–water partition coefficient (Wildman–Crippen LogP) is 2.44. The zero-order valence-corrected chi connectivity index (χ0v) is 16.8. The molecule has 0 bridgehead atoms. The van der Waals surface area contributed by atoms with E-state index < -0.39 is 0 Å². The van der Waals surface area contributed by atoms with Gasteiger partial charge in [-0.1, -0.05) is 20.8 Å². The molecule has 0 radical (unpaired) electrons. The molecule has 5 nitrogen and oxygen atoms in total. The Bertz CT molecular complexity index is 531. The van der Waals surface area contributed by atoms with E-state index in [1.807, 2.05) is 0 Å². The van der Waals surface area contributed by atoms with Crippen LogP contribution in [0, 0.1) is 23.2 Å². The predicted molar refractivity (Wildman–Crippen MR) is 101 cm³/mol. The maximum absolute atomic E-state index is 12.6. The Morgan fingerprint density at radius 1 is 1.27 bits per heavy atom. The van der Waals surface area contributed by atoms with E-state index in [1.54, 1.807) is 0 Å². The van der Waals surface area contributed by atoms with Crippen molar-refractivity contribution < 1.29 is 14.3 Å². The SMILES string of the molecule is CCN(CC)CCNCC1C(=O)OC2CC3(C)CCCC4(CO4)C3CC21. The van der Waals surface area contributed by atoms with Gasteiger partial charge in [0.05, 0.1) is 18.1 Å². The van der Waals surface area contributed by atoms with E-state index in [1.165, 1.54) is 19.3 Å². The molecular weight excluding hydrogens is 328 g/mol. The second-order valence-electron chi connectivity index (χ2n) is 9.33. The van der Waals surface area contributed by atoms with Crippen LogP contribution >= 0.6 is 0 Å². The van der Waals surface area contributed by atoms with Crippen LogP contribution in [-0.4, -0.2) is 61.9 Å². The summed E-state index contributed by atoms with van der Waals surface area (Å²) in [5.41, 5.74) is 0.436. The molecule has 2 saturated carbocycles. The first-order chi connectivity index (χ1) is 12.5. The van der Waals surface area contributed by atoms with Gasteiger partial charge in [-0.2, -0.15) is 0 Å². The molecule has 0 amide bonds. The van der Waals surface area contributed by atoms with Gasteiger partial charge in [-0.15, -0.1) is 0 Å². The quantitative estimate of drug-likeness (QED) is 0.427. The van der Waals surface area contributed by atoms with E-state index in [4.69, 9.17) is 9.47 Å². The van der Waals surface area contributed by atoms with Crippen molar-refractivity contribution in [1.29, 1.82) is 0 Å². The first-order valence-corrected chi connectivity index (χ1v) is 10.8. The number of epoxide rings is 1. The number of ether oxygens (including phenoxy) is 2. The van der Waals surface area contributed by atoms with Crippen LogP contribution in [0.1, 0.15) is 52.9 Å². The summed E-state index contributed by atoms with van der Waals surface area (Å²) in [6, 6.07) is 0. The lowest BCUT2D eigenvalue weighted by atomic mass is 9.53. The second-order valence-corrected chi connectivity index (χ2v) is 9.33. The Morgan fingerprint density at radius 3 is 2.73 bits per heavy atom. The summed E-state index contributed by atoms with van der Waals surface area (Å²) in [5, 5.41) is 3.53. The molecule has 1 N–H and O–H groups in total. The lowest BCUT2D eigenvalue weighted by Crippen LogP contribution is -2.51. The zero-order valence-electron chi connectivity index (χ0n) is 16.8. The fourth-order valence-corrected chi connectivity index (χ4v) is 6.22. The van der Waals surface area contributed by atoms with E-state index in [0.717, 1.165) is 52.2 Å². The number of esters is 1. The molecule has 1 spiro atoms. The summed E-state index contributed by atoms with van der Waals surface area (Å²) in [6.07, 6.45) is 6.01. The Morgan fingerprint density at radius 2 is 2.04 bits per heavy atom. The van der Waals surface area contributed by atoms with Gasteiger partial charge in [0.15, 0.2) is 0 Å². The minimum atomic E-state index is 0.0268. The van der Waals surface area contributed by atoms with Crippen LogP contribution in [0.4, 0.5) is 0 Å². The van der Waals surface area contributed by atoms with Crippen molar-refractivity contribution in [2.75, 3.05) is 39.3 Å². The highest BCUT2D eigenvalue weighted by molar-refractivity contribution is 5.75.